The van der Waals surface area contributed by atoms with Gasteiger partial charge in [0.25, 0.3) is 11.6 Å². The number of halogens is 3. The summed E-state index contributed by atoms with van der Waals surface area (Å²) in [6.45, 7) is -0.712. The third-order valence-corrected chi connectivity index (χ3v) is 3.17. The second-order valence-corrected chi connectivity index (χ2v) is 5.23. The number of nitrogens with one attached hydrogen (secondary N) is 1. The quantitative estimate of drug-likeness (QED) is 0.330. The average Bonchev–Trinajstić information content (AvgIpc) is 2.60. The lowest BCUT2D eigenvalue weighted by molar-refractivity contribution is -0.384. The number of hydrogen-bond donors (Lipinski definition) is 2. The van der Waals surface area contributed by atoms with Crippen molar-refractivity contribution in [2.45, 2.75) is 6.36 Å². The van der Waals surface area contributed by atoms with Crippen molar-refractivity contribution < 1.29 is 37.2 Å². The predicted octanol–water partition coefficient (Wildman–Crippen LogP) is 2.87. The Kier molecular flexibility index (Phi) is 6.03. The number of ether oxygens (including phenoxy) is 2. The Morgan fingerprint density at radius 1 is 1.14 bits per heavy atom. The first kappa shape index (κ1) is 20.5. The monoisotopic (exact) mass is 399 g/mol. The molecule has 3 N–H and O–H groups in total. The molecule has 9 nitrogen and oxygen atoms in total. The van der Waals surface area contributed by atoms with Gasteiger partial charge in [-0.2, -0.15) is 0 Å². The first-order valence-corrected chi connectivity index (χ1v) is 7.42. The van der Waals surface area contributed by atoms with Gasteiger partial charge in [0, 0.05) is 17.8 Å². The molecule has 0 saturated heterocycles. The summed E-state index contributed by atoms with van der Waals surface area (Å²) < 4.78 is 44.7. The van der Waals surface area contributed by atoms with Gasteiger partial charge in [-0.05, 0) is 30.3 Å². The molecule has 0 heterocycles. The molecule has 0 unspecified atom stereocenters. The highest BCUT2D eigenvalue weighted by Crippen LogP contribution is 2.24. The standard InChI is InChI=1S/C16H12F3N3O6/c17-16(18,19)28-11-4-1-9(2-5-11)21-14(23)8-27-15(24)12-6-3-10(22(25)26)7-13(12)20/h1-7H,8,20H2,(H,21,23). The van der Waals surface area contributed by atoms with E-state index < -0.39 is 35.5 Å². The first-order valence-electron chi connectivity index (χ1n) is 7.42. The molecule has 2 aromatic rings. The van der Waals surface area contributed by atoms with Crippen LogP contribution in [0.3, 0.4) is 0 Å². The first-order chi connectivity index (χ1) is 13.0. The molecule has 148 valence electrons. The number of esters is 1. The molecule has 12 heteroatoms. The molecule has 2 aromatic carbocycles. The Morgan fingerprint density at radius 3 is 2.32 bits per heavy atom. The van der Waals surface area contributed by atoms with Crippen molar-refractivity contribution in [1.82, 2.24) is 0 Å². The van der Waals surface area contributed by atoms with Gasteiger partial charge in [0.1, 0.15) is 5.75 Å². The van der Waals surface area contributed by atoms with E-state index in [9.17, 15) is 32.9 Å². The van der Waals surface area contributed by atoms with Crippen LogP contribution in [0.15, 0.2) is 42.5 Å². The van der Waals surface area contributed by atoms with E-state index in [1.54, 1.807) is 0 Å². The number of carbonyl (C=O) groups is 2. The lowest BCUT2D eigenvalue weighted by Gasteiger charge is -2.10. The highest BCUT2D eigenvalue weighted by Gasteiger charge is 2.31. The largest absolute Gasteiger partial charge is 0.573 e. The molecule has 0 aliphatic rings. The highest BCUT2D eigenvalue weighted by atomic mass is 19.4. The Bertz CT molecular complexity index is 899. The molecule has 0 saturated carbocycles. The molecule has 0 aliphatic carbocycles. The smallest absolute Gasteiger partial charge is 0.452 e. The van der Waals surface area contributed by atoms with Crippen LogP contribution in [0.2, 0.25) is 0 Å². The minimum absolute atomic E-state index is 0.144. The molecule has 0 bridgehead atoms. The maximum Gasteiger partial charge on any atom is 0.573 e. The summed E-state index contributed by atoms with van der Waals surface area (Å²) in [4.78, 5) is 33.6. The van der Waals surface area contributed by atoms with Crippen LogP contribution < -0.4 is 15.8 Å². The van der Waals surface area contributed by atoms with Crippen LogP contribution in [-0.4, -0.2) is 29.8 Å². The van der Waals surface area contributed by atoms with Crippen LogP contribution in [0.5, 0.6) is 5.75 Å². The molecule has 0 aromatic heterocycles. The Morgan fingerprint density at radius 2 is 1.79 bits per heavy atom. The number of benzene rings is 2. The molecular formula is C16H12F3N3O6. The summed E-state index contributed by atoms with van der Waals surface area (Å²) >= 11 is 0. The molecular weight excluding hydrogens is 387 g/mol. The molecule has 28 heavy (non-hydrogen) atoms. The summed E-state index contributed by atoms with van der Waals surface area (Å²) in [5, 5.41) is 12.9. The van der Waals surface area contributed by atoms with Gasteiger partial charge in [-0.1, -0.05) is 0 Å². The van der Waals surface area contributed by atoms with Crippen molar-refractivity contribution in [3.63, 3.8) is 0 Å². The number of amides is 1. The molecule has 0 aliphatic heterocycles. The maximum absolute atomic E-state index is 12.1. The van der Waals surface area contributed by atoms with Gasteiger partial charge in [0.2, 0.25) is 0 Å². The van der Waals surface area contributed by atoms with Crippen LogP contribution >= 0.6 is 0 Å². The van der Waals surface area contributed by atoms with Crippen molar-refractivity contribution in [2.24, 2.45) is 0 Å². The van der Waals surface area contributed by atoms with Crippen LogP contribution in [-0.2, 0) is 9.53 Å². The van der Waals surface area contributed by atoms with E-state index in [1.807, 2.05) is 0 Å². The van der Waals surface area contributed by atoms with Crippen molar-refractivity contribution in [3.8, 4) is 5.75 Å². The topological polar surface area (TPSA) is 134 Å². The van der Waals surface area contributed by atoms with Crippen molar-refractivity contribution >= 4 is 28.9 Å². The molecule has 0 spiro atoms. The zero-order valence-corrected chi connectivity index (χ0v) is 13.9. The van der Waals surface area contributed by atoms with Crippen LogP contribution in [0.4, 0.5) is 30.2 Å². The lowest BCUT2D eigenvalue weighted by atomic mass is 10.1. The Labute approximate surface area is 155 Å². The van der Waals surface area contributed by atoms with Gasteiger partial charge in [-0.3, -0.25) is 14.9 Å². The van der Waals surface area contributed by atoms with E-state index in [-0.39, 0.29) is 22.6 Å². The Hall–Kier alpha value is -3.83. The third kappa shape index (κ3) is 5.86. The van der Waals surface area contributed by atoms with E-state index >= 15 is 0 Å². The average molecular weight is 399 g/mol. The van der Waals surface area contributed by atoms with Gasteiger partial charge in [-0.25, -0.2) is 4.79 Å². The number of rotatable bonds is 6. The number of nitro benzene ring substituents is 1. The van der Waals surface area contributed by atoms with Crippen molar-refractivity contribution in [2.75, 3.05) is 17.7 Å². The number of nitrogen functional groups attached to an aromatic ring is 1. The molecule has 2 rings (SSSR count). The Balaban J connectivity index is 1.90. The number of non-ortho nitro benzene ring substituents is 1. The highest BCUT2D eigenvalue weighted by molar-refractivity contribution is 5.98. The minimum Gasteiger partial charge on any atom is -0.452 e. The third-order valence-electron chi connectivity index (χ3n) is 3.17. The lowest BCUT2D eigenvalue weighted by Crippen LogP contribution is -2.21. The summed E-state index contributed by atoms with van der Waals surface area (Å²) in [6, 6.07) is 7.43. The fourth-order valence-electron chi connectivity index (χ4n) is 2.00. The van der Waals surface area contributed by atoms with Crippen molar-refractivity contribution in [1.29, 1.82) is 0 Å². The van der Waals surface area contributed by atoms with E-state index in [1.165, 1.54) is 0 Å². The van der Waals surface area contributed by atoms with Gasteiger partial charge < -0.3 is 20.5 Å². The van der Waals surface area contributed by atoms with Crippen LogP contribution in [0.25, 0.3) is 0 Å². The fourth-order valence-corrected chi connectivity index (χ4v) is 2.00. The van der Waals surface area contributed by atoms with E-state index in [0.29, 0.717) is 0 Å². The maximum atomic E-state index is 12.1. The van der Waals surface area contributed by atoms with Gasteiger partial charge in [-0.15, -0.1) is 13.2 Å². The predicted molar refractivity (Wildman–Crippen MR) is 89.5 cm³/mol. The van der Waals surface area contributed by atoms with E-state index in [0.717, 1.165) is 42.5 Å². The fraction of sp³-hybridized carbons (Fsp3) is 0.125. The summed E-state index contributed by atoms with van der Waals surface area (Å²) in [6.07, 6.45) is -4.83. The number of hydrogen-bond acceptors (Lipinski definition) is 7. The second kappa shape index (κ2) is 8.24. The zero-order valence-electron chi connectivity index (χ0n) is 13.9. The summed E-state index contributed by atoms with van der Waals surface area (Å²) in [7, 11) is 0. The number of nitro groups is 1. The normalized spacial score (nSPS) is 10.8. The van der Waals surface area contributed by atoms with E-state index in [4.69, 9.17) is 10.5 Å². The minimum atomic E-state index is -4.83. The van der Waals surface area contributed by atoms with Crippen molar-refractivity contribution in [3.05, 3.63) is 58.1 Å². The number of carbonyl (C=O) groups excluding carboxylic acids is 2. The number of anilines is 2. The second-order valence-electron chi connectivity index (χ2n) is 5.23. The molecule has 1 amide bonds. The zero-order chi connectivity index (χ0) is 20.9. The van der Waals surface area contributed by atoms with Crippen LogP contribution in [0, 0.1) is 10.1 Å². The number of nitrogens with two attached hydrogens (primary N) is 1. The molecule has 0 atom stereocenters. The summed E-state index contributed by atoms with van der Waals surface area (Å²) in [5.41, 5.74) is 5.02. The van der Waals surface area contributed by atoms with E-state index in [2.05, 4.69) is 10.1 Å². The van der Waals surface area contributed by atoms with Crippen LogP contribution in [0.1, 0.15) is 10.4 Å². The SMILES string of the molecule is Nc1cc([N+](=O)[O-])ccc1C(=O)OCC(=O)Nc1ccc(OC(F)(F)F)cc1. The molecule has 0 fully saturated rings. The van der Waals surface area contributed by atoms with Gasteiger partial charge >= 0.3 is 12.3 Å². The van der Waals surface area contributed by atoms with Gasteiger partial charge in [0.05, 0.1) is 16.2 Å². The van der Waals surface area contributed by atoms with Gasteiger partial charge in [0.15, 0.2) is 6.61 Å². The summed E-state index contributed by atoms with van der Waals surface area (Å²) in [5.74, 6) is -2.21. The number of nitrogens with zero attached hydrogens (tertiary/aromatic N) is 1. The molecule has 0 radical (unpaired) electrons. The number of alkyl halides is 3.